The van der Waals surface area contributed by atoms with Crippen LogP contribution in [0.2, 0.25) is 5.02 Å². The molecule has 1 N–H and O–H groups in total. The molecule has 1 atom stereocenters. The van der Waals surface area contributed by atoms with E-state index in [0.717, 1.165) is 28.9 Å². The maximum Gasteiger partial charge on any atom is 0.311 e. The van der Waals surface area contributed by atoms with Crippen LogP contribution in [0.1, 0.15) is 29.5 Å². The lowest BCUT2D eigenvalue weighted by molar-refractivity contribution is -0.138. The van der Waals surface area contributed by atoms with Gasteiger partial charge in [0.2, 0.25) is 0 Å². The molecule has 1 unspecified atom stereocenters. The third-order valence-corrected chi connectivity index (χ3v) is 4.00. The van der Waals surface area contributed by atoms with Crippen molar-refractivity contribution in [1.29, 1.82) is 0 Å². The molecular weight excluding hydrogens is 300 g/mol. The summed E-state index contributed by atoms with van der Waals surface area (Å²) in [5, 5.41) is 10.2. The first kappa shape index (κ1) is 16.4. The van der Waals surface area contributed by atoms with Crippen LogP contribution in [-0.4, -0.2) is 18.2 Å². The minimum atomic E-state index is -0.855. The zero-order chi connectivity index (χ0) is 16.1. The van der Waals surface area contributed by atoms with E-state index in [0.29, 0.717) is 11.4 Å². The number of ether oxygens (including phenoxy) is 1. The number of rotatable bonds is 6. The molecule has 2 aromatic carbocycles. The Kier molecular flexibility index (Phi) is 5.45. The Balaban J connectivity index is 2.35. The Hall–Kier alpha value is -2.00. The monoisotopic (exact) mass is 318 g/mol. The van der Waals surface area contributed by atoms with Crippen LogP contribution in [0.4, 0.5) is 0 Å². The maximum absolute atomic E-state index is 11.7. The smallest absolute Gasteiger partial charge is 0.311 e. The quantitative estimate of drug-likeness (QED) is 0.862. The minimum absolute atomic E-state index is 0.383. The maximum atomic E-state index is 11.7. The van der Waals surface area contributed by atoms with Gasteiger partial charge in [-0.3, -0.25) is 4.79 Å². The summed E-state index contributed by atoms with van der Waals surface area (Å²) >= 11 is 5.88. The third kappa shape index (κ3) is 3.80. The lowest BCUT2D eigenvalue weighted by atomic mass is 9.91. The first-order chi connectivity index (χ1) is 10.5. The van der Waals surface area contributed by atoms with E-state index in [1.807, 2.05) is 18.2 Å². The van der Waals surface area contributed by atoms with E-state index in [1.54, 1.807) is 31.4 Å². The van der Waals surface area contributed by atoms with Crippen molar-refractivity contribution in [2.24, 2.45) is 0 Å². The second-order valence-electron chi connectivity index (χ2n) is 5.15. The van der Waals surface area contributed by atoms with Gasteiger partial charge in [0.1, 0.15) is 5.75 Å². The normalized spacial score (nSPS) is 12.0. The molecule has 0 bridgehead atoms. The molecule has 0 amide bonds. The number of carboxylic acid groups (broad SMARTS) is 1. The fraction of sp³-hybridized carbons (Fsp3) is 0.278. The molecule has 0 radical (unpaired) electrons. The predicted octanol–water partition coefficient (Wildman–Crippen LogP) is 4.32. The Morgan fingerprint density at radius 1 is 1.23 bits per heavy atom. The molecule has 0 saturated carbocycles. The molecule has 0 fully saturated rings. The van der Waals surface area contributed by atoms with Crippen molar-refractivity contribution in [2.45, 2.75) is 25.7 Å². The Morgan fingerprint density at radius 2 is 1.91 bits per heavy atom. The molecule has 0 aromatic heterocycles. The number of carbonyl (C=O) groups is 1. The van der Waals surface area contributed by atoms with Gasteiger partial charge in [-0.25, -0.2) is 0 Å². The van der Waals surface area contributed by atoms with Gasteiger partial charge in [-0.15, -0.1) is 0 Å². The average molecular weight is 319 g/mol. The van der Waals surface area contributed by atoms with E-state index in [-0.39, 0.29) is 0 Å². The SMILES string of the molecule is CCc1ccc(OC)c(CC(C(=O)O)c2ccc(Cl)cc2)c1. The van der Waals surface area contributed by atoms with Crippen LogP contribution in [0.3, 0.4) is 0 Å². The molecule has 0 aliphatic rings. The van der Waals surface area contributed by atoms with E-state index in [4.69, 9.17) is 16.3 Å². The molecule has 0 spiro atoms. The van der Waals surface area contributed by atoms with E-state index in [9.17, 15) is 9.90 Å². The van der Waals surface area contributed by atoms with E-state index in [2.05, 4.69) is 6.92 Å². The molecular formula is C18H19ClO3. The third-order valence-electron chi connectivity index (χ3n) is 3.75. The molecule has 0 aliphatic heterocycles. The Labute approximate surface area is 135 Å². The fourth-order valence-corrected chi connectivity index (χ4v) is 2.60. The largest absolute Gasteiger partial charge is 0.496 e. The van der Waals surface area contributed by atoms with Crippen LogP contribution in [0, 0.1) is 0 Å². The van der Waals surface area contributed by atoms with Crippen molar-refractivity contribution < 1.29 is 14.6 Å². The summed E-state index contributed by atoms with van der Waals surface area (Å²) in [5.41, 5.74) is 2.81. The van der Waals surface area contributed by atoms with Gasteiger partial charge in [0.15, 0.2) is 0 Å². The highest BCUT2D eigenvalue weighted by Gasteiger charge is 2.22. The van der Waals surface area contributed by atoms with Crippen LogP contribution in [0.5, 0.6) is 5.75 Å². The summed E-state index contributed by atoms with van der Waals surface area (Å²) in [4.78, 5) is 11.7. The van der Waals surface area contributed by atoms with Crippen LogP contribution in [-0.2, 0) is 17.6 Å². The van der Waals surface area contributed by atoms with E-state index in [1.165, 1.54) is 0 Å². The molecule has 0 heterocycles. The standard InChI is InChI=1S/C18H19ClO3/c1-3-12-4-9-17(22-2)14(10-12)11-16(18(20)21)13-5-7-15(19)8-6-13/h4-10,16H,3,11H2,1-2H3,(H,20,21). The van der Waals surface area contributed by atoms with Gasteiger partial charge in [-0.1, -0.05) is 42.8 Å². The molecule has 116 valence electrons. The molecule has 4 heteroatoms. The average Bonchev–Trinajstić information content (AvgIpc) is 2.53. The molecule has 0 aliphatic carbocycles. The highest BCUT2D eigenvalue weighted by atomic mass is 35.5. The fourth-order valence-electron chi connectivity index (χ4n) is 2.47. The van der Waals surface area contributed by atoms with Gasteiger partial charge < -0.3 is 9.84 Å². The summed E-state index contributed by atoms with van der Waals surface area (Å²) in [6.07, 6.45) is 1.28. The second kappa shape index (κ2) is 7.32. The highest BCUT2D eigenvalue weighted by Crippen LogP contribution is 2.28. The van der Waals surface area contributed by atoms with Crippen molar-refractivity contribution in [3.8, 4) is 5.75 Å². The number of aryl methyl sites for hydroxylation is 1. The predicted molar refractivity (Wildman–Crippen MR) is 87.9 cm³/mol. The summed E-state index contributed by atoms with van der Waals surface area (Å²) in [6, 6.07) is 12.9. The highest BCUT2D eigenvalue weighted by molar-refractivity contribution is 6.30. The van der Waals surface area contributed by atoms with Gasteiger partial charge in [0, 0.05) is 5.02 Å². The zero-order valence-corrected chi connectivity index (χ0v) is 13.4. The molecule has 22 heavy (non-hydrogen) atoms. The number of aliphatic carboxylic acids is 1. The van der Waals surface area contributed by atoms with Crippen molar-refractivity contribution >= 4 is 17.6 Å². The van der Waals surface area contributed by atoms with Crippen LogP contribution >= 0.6 is 11.6 Å². The second-order valence-corrected chi connectivity index (χ2v) is 5.58. The number of benzene rings is 2. The van der Waals surface area contributed by atoms with Gasteiger partial charge >= 0.3 is 5.97 Å². The van der Waals surface area contributed by atoms with Gasteiger partial charge in [-0.2, -0.15) is 0 Å². The number of halogens is 1. The number of carboxylic acids is 1. The van der Waals surface area contributed by atoms with E-state index < -0.39 is 11.9 Å². The first-order valence-electron chi connectivity index (χ1n) is 7.19. The lowest BCUT2D eigenvalue weighted by Gasteiger charge is -2.16. The number of hydrogen-bond acceptors (Lipinski definition) is 2. The molecule has 0 saturated heterocycles. The first-order valence-corrected chi connectivity index (χ1v) is 7.57. The van der Waals surface area contributed by atoms with Gasteiger partial charge in [-0.05, 0) is 47.7 Å². The lowest BCUT2D eigenvalue weighted by Crippen LogP contribution is -2.15. The summed E-state index contributed by atoms with van der Waals surface area (Å²) in [6.45, 7) is 2.07. The number of methoxy groups -OCH3 is 1. The van der Waals surface area contributed by atoms with Gasteiger partial charge in [0.05, 0.1) is 13.0 Å². The topological polar surface area (TPSA) is 46.5 Å². The van der Waals surface area contributed by atoms with Crippen molar-refractivity contribution in [3.05, 3.63) is 64.2 Å². The molecule has 2 aromatic rings. The molecule has 2 rings (SSSR count). The van der Waals surface area contributed by atoms with Crippen LogP contribution in [0.25, 0.3) is 0 Å². The van der Waals surface area contributed by atoms with Crippen LogP contribution < -0.4 is 4.74 Å². The zero-order valence-electron chi connectivity index (χ0n) is 12.7. The Bertz CT molecular complexity index is 650. The van der Waals surface area contributed by atoms with Crippen molar-refractivity contribution in [3.63, 3.8) is 0 Å². The summed E-state index contributed by atoms with van der Waals surface area (Å²) in [7, 11) is 1.60. The van der Waals surface area contributed by atoms with E-state index >= 15 is 0 Å². The minimum Gasteiger partial charge on any atom is -0.496 e. The number of hydrogen-bond donors (Lipinski definition) is 1. The Morgan fingerprint density at radius 3 is 2.45 bits per heavy atom. The van der Waals surface area contributed by atoms with Crippen molar-refractivity contribution in [2.75, 3.05) is 7.11 Å². The van der Waals surface area contributed by atoms with Gasteiger partial charge in [0.25, 0.3) is 0 Å². The van der Waals surface area contributed by atoms with Crippen LogP contribution in [0.15, 0.2) is 42.5 Å². The summed E-state index contributed by atoms with van der Waals surface area (Å²) < 4.78 is 5.37. The summed E-state index contributed by atoms with van der Waals surface area (Å²) in [5.74, 6) is -0.762. The molecule has 3 nitrogen and oxygen atoms in total. The van der Waals surface area contributed by atoms with Crippen molar-refractivity contribution in [1.82, 2.24) is 0 Å².